The van der Waals surface area contributed by atoms with Crippen LogP contribution < -0.4 is 10.8 Å². The van der Waals surface area contributed by atoms with Crippen molar-refractivity contribution in [1.82, 2.24) is 5.48 Å². The average molecular weight is 562 g/mol. The summed E-state index contributed by atoms with van der Waals surface area (Å²) < 4.78 is 50.6. The summed E-state index contributed by atoms with van der Waals surface area (Å²) in [6.07, 6.45) is 0.775. The van der Waals surface area contributed by atoms with Gasteiger partial charge in [0.25, 0.3) is 5.91 Å². The van der Waals surface area contributed by atoms with Crippen LogP contribution in [-0.4, -0.2) is 35.7 Å². The second-order valence-electron chi connectivity index (χ2n) is 11.2. The summed E-state index contributed by atoms with van der Waals surface area (Å²) in [5.74, 6) is -1.21. The van der Waals surface area contributed by atoms with Gasteiger partial charge in [0.2, 0.25) is 9.04 Å². The molecule has 0 aromatic heterocycles. The molecule has 10 heteroatoms. The first kappa shape index (κ1) is 31.4. The SMILES string of the molecule is C=Cc1cc(C(=O)NOCC(O[Si](C)C)C(C)(C)C)c(Nc2ccc(C#C[Si](C)(C)C)cc2F)c(F)c1F. The van der Waals surface area contributed by atoms with Crippen LogP contribution >= 0.6 is 0 Å². The van der Waals surface area contributed by atoms with Crippen LogP contribution in [0, 0.1) is 34.3 Å². The number of carbonyl (C=O) groups excluding carboxylic acids is 1. The molecule has 5 nitrogen and oxygen atoms in total. The standard InChI is InChI=1S/C28H36F3N2O3Si2/c1-10-19-16-20(27(34)33-35-17-23(28(2,3)4)36-37(5)6)26(25(31)24(19)30)32-22-12-11-18(15-21(22)29)13-14-38(7,8)9/h10-12,15-16,23,32H,1,17H2,2-9H3,(H,33,34). The molecule has 0 saturated heterocycles. The third kappa shape index (κ3) is 8.87. The summed E-state index contributed by atoms with van der Waals surface area (Å²) in [5.41, 5.74) is 4.41. The predicted octanol–water partition coefficient (Wildman–Crippen LogP) is 7.06. The largest absolute Gasteiger partial charge is 0.411 e. The zero-order valence-electron chi connectivity index (χ0n) is 23.2. The smallest absolute Gasteiger partial charge is 0.277 e. The topological polar surface area (TPSA) is 59.6 Å². The van der Waals surface area contributed by atoms with Crippen LogP contribution in [0.4, 0.5) is 24.5 Å². The average Bonchev–Trinajstić information content (AvgIpc) is 2.80. The van der Waals surface area contributed by atoms with E-state index in [-0.39, 0.29) is 34.9 Å². The van der Waals surface area contributed by atoms with Crippen molar-refractivity contribution in [3.05, 3.63) is 65.0 Å². The molecule has 1 radical (unpaired) electrons. The summed E-state index contributed by atoms with van der Waals surface area (Å²) in [5, 5.41) is 2.53. The second kappa shape index (κ2) is 12.8. The Kier molecular flexibility index (Phi) is 10.6. The third-order valence-corrected chi connectivity index (χ3v) is 6.88. The van der Waals surface area contributed by atoms with E-state index in [2.05, 4.69) is 48.5 Å². The Bertz CT molecular complexity index is 1240. The normalized spacial score (nSPS) is 12.5. The number of benzene rings is 2. The minimum Gasteiger partial charge on any atom is -0.411 e. The summed E-state index contributed by atoms with van der Waals surface area (Å²) in [6.45, 7) is 19.6. The molecular weight excluding hydrogens is 525 g/mol. The van der Waals surface area contributed by atoms with Gasteiger partial charge in [-0.05, 0) is 42.8 Å². The number of amides is 1. The lowest BCUT2D eigenvalue weighted by molar-refractivity contribution is -0.0390. The van der Waals surface area contributed by atoms with Gasteiger partial charge in [-0.3, -0.25) is 9.63 Å². The molecule has 0 spiro atoms. The van der Waals surface area contributed by atoms with Crippen molar-refractivity contribution >= 4 is 40.5 Å². The van der Waals surface area contributed by atoms with E-state index in [1.54, 1.807) is 6.07 Å². The van der Waals surface area contributed by atoms with E-state index in [1.807, 2.05) is 33.9 Å². The van der Waals surface area contributed by atoms with Gasteiger partial charge in [-0.25, -0.2) is 18.7 Å². The molecule has 0 bridgehead atoms. The van der Waals surface area contributed by atoms with Crippen molar-refractivity contribution in [2.45, 2.75) is 59.6 Å². The molecule has 0 heterocycles. The Morgan fingerprint density at radius 1 is 1.16 bits per heavy atom. The molecule has 205 valence electrons. The van der Waals surface area contributed by atoms with Crippen molar-refractivity contribution in [1.29, 1.82) is 0 Å². The maximum atomic E-state index is 15.1. The Labute approximate surface area is 226 Å². The van der Waals surface area contributed by atoms with E-state index in [4.69, 9.17) is 9.26 Å². The fraction of sp³-hybridized carbons (Fsp3) is 0.393. The summed E-state index contributed by atoms with van der Waals surface area (Å²) in [7, 11) is -2.72. The minimum atomic E-state index is -1.67. The molecule has 1 amide bonds. The van der Waals surface area contributed by atoms with E-state index < -0.39 is 46.2 Å². The van der Waals surface area contributed by atoms with E-state index >= 15 is 4.39 Å². The van der Waals surface area contributed by atoms with Crippen LogP contribution in [0.25, 0.3) is 6.08 Å². The highest BCUT2D eigenvalue weighted by molar-refractivity contribution is 6.83. The number of carbonyl (C=O) groups is 1. The van der Waals surface area contributed by atoms with Crippen LogP contribution in [-0.2, 0) is 9.26 Å². The zero-order valence-corrected chi connectivity index (χ0v) is 25.2. The lowest BCUT2D eigenvalue weighted by Gasteiger charge is -2.31. The van der Waals surface area contributed by atoms with E-state index in [9.17, 15) is 13.6 Å². The fourth-order valence-corrected chi connectivity index (χ4v) is 4.68. The van der Waals surface area contributed by atoms with Gasteiger partial charge in [0.1, 0.15) is 20.5 Å². The summed E-state index contributed by atoms with van der Waals surface area (Å²) >= 11 is 0. The van der Waals surface area contributed by atoms with Crippen LogP contribution in [0.3, 0.4) is 0 Å². The van der Waals surface area contributed by atoms with Crippen molar-refractivity contribution in [2.75, 3.05) is 11.9 Å². The van der Waals surface area contributed by atoms with Gasteiger partial charge < -0.3 is 9.74 Å². The van der Waals surface area contributed by atoms with Crippen LogP contribution in [0.2, 0.25) is 32.7 Å². The molecular formula is C28H36F3N2O3Si2. The Hall–Kier alpha value is -2.85. The van der Waals surface area contributed by atoms with Crippen LogP contribution in [0.5, 0.6) is 0 Å². The van der Waals surface area contributed by atoms with Gasteiger partial charge in [0, 0.05) is 11.1 Å². The van der Waals surface area contributed by atoms with Crippen molar-refractivity contribution in [2.24, 2.45) is 5.41 Å². The monoisotopic (exact) mass is 561 g/mol. The number of halogens is 3. The van der Waals surface area contributed by atoms with Gasteiger partial charge in [0.15, 0.2) is 11.6 Å². The molecule has 1 unspecified atom stereocenters. The fourth-order valence-electron chi connectivity index (χ4n) is 3.17. The first-order chi connectivity index (χ1) is 17.5. The molecule has 1 atom stereocenters. The minimum absolute atomic E-state index is 0.0421. The summed E-state index contributed by atoms with van der Waals surface area (Å²) in [6, 6.07) is 5.25. The van der Waals surface area contributed by atoms with E-state index in [0.29, 0.717) is 5.56 Å². The van der Waals surface area contributed by atoms with Gasteiger partial charge in [0.05, 0.1) is 23.0 Å². The molecule has 2 rings (SSSR count). The third-order valence-electron chi connectivity index (χ3n) is 5.25. The van der Waals surface area contributed by atoms with E-state index in [1.165, 1.54) is 12.1 Å². The van der Waals surface area contributed by atoms with Crippen molar-refractivity contribution in [3.8, 4) is 11.5 Å². The van der Waals surface area contributed by atoms with Crippen LogP contribution in [0.15, 0.2) is 30.8 Å². The molecule has 38 heavy (non-hydrogen) atoms. The quantitative estimate of drug-likeness (QED) is 0.195. The first-order valence-corrected chi connectivity index (χ1v) is 18.1. The Morgan fingerprint density at radius 2 is 1.82 bits per heavy atom. The van der Waals surface area contributed by atoms with E-state index in [0.717, 1.165) is 12.1 Å². The van der Waals surface area contributed by atoms with Crippen molar-refractivity contribution < 1.29 is 27.2 Å². The van der Waals surface area contributed by atoms with Crippen LogP contribution in [0.1, 0.15) is 42.3 Å². The number of rotatable bonds is 9. The predicted molar refractivity (Wildman–Crippen MR) is 152 cm³/mol. The molecule has 2 aromatic carbocycles. The first-order valence-electron chi connectivity index (χ1n) is 12.2. The van der Waals surface area contributed by atoms with Gasteiger partial charge in [-0.15, -0.1) is 5.54 Å². The summed E-state index contributed by atoms with van der Waals surface area (Å²) in [4.78, 5) is 18.4. The highest BCUT2D eigenvalue weighted by Gasteiger charge is 2.28. The Balaban J connectivity index is 2.36. The number of nitrogens with one attached hydrogen (secondary N) is 2. The van der Waals surface area contributed by atoms with Gasteiger partial charge >= 0.3 is 0 Å². The lowest BCUT2D eigenvalue weighted by Crippen LogP contribution is -2.39. The molecule has 0 aliphatic rings. The second-order valence-corrected chi connectivity index (χ2v) is 18.0. The lowest BCUT2D eigenvalue weighted by atomic mass is 9.90. The maximum Gasteiger partial charge on any atom is 0.277 e. The van der Waals surface area contributed by atoms with Gasteiger partial charge in [-0.1, -0.05) is 59.0 Å². The highest BCUT2D eigenvalue weighted by atomic mass is 28.3. The highest BCUT2D eigenvalue weighted by Crippen LogP contribution is 2.31. The molecule has 2 aromatic rings. The molecule has 0 aliphatic carbocycles. The molecule has 0 saturated carbocycles. The number of hydrogen-bond donors (Lipinski definition) is 2. The zero-order chi connectivity index (χ0) is 28.8. The number of anilines is 2. The Morgan fingerprint density at radius 3 is 2.34 bits per heavy atom. The molecule has 0 aliphatic heterocycles. The molecule has 2 N–H and O–H groups in total. The number of hydrogen-bond acceptors (Lipinski definition) is 4. The van der Waals surface area contributed by atoms with Crippen molar-refractivity contribution in [3.63, 3.8) is 0 Å². The van der Waals surface area contributed by atoms with Gasteiger partial charge in [-0.2, -0.15) is 0 Å². The number of hydroxylamine groups is 1. The maximum absolute atomic E-state index is 15.1. The molecule has 0 fully saturated rings.